The van der Waals surface area contributed by atoms with Crippen molar-refractivity contribution < 1.29 is 0 Å². The van der Waals surface area contributed by atoms with Crippen LogP contribution in [0.1, 0.15) is 52.9 Å². The van der Waals surface area contributed by atoms with Gasteiger partial charge in [-0.1, -0.05) is 51.1 Å². The van der Waals surface area contributed by atoms with Crippen LogP contribution in [0.15, 0.2) is 22.8 Å². The third-order valence-corrected chi connectivity index (χ3v) is 10.5. The maximum absolute atomic E-state index is 2.56. The Kier molecular flexibility index (Phi) is 3.42. The molecule has 0 spiro atoms. The van der Waals surface area contributed by atoms with Gasteiger partial charge in [0.25, 0.3) is 0 Å². The van der Waals surface area contributed by atoms with E-state index in [1.54, 1.807) is 16.7 Å². The van der Waals surface area contributed by atoms with Crippen molar-refractivity contribution in [2.75, 3.05) is 0 Å². The standard InChI is InChI=1S/C16H28Si/c1-16(2,3)17(4,5)12-13-10-14-8-6-7-9-15(14)11-13/h10H,6-9,11-12H2,1-5H3. The molecule has 0 bridgehead atoms. The Morgan fingerprint density at radius 1 is 1.12 bits per heavy atom. The van der Waals surface area contributed by atoms with Crippen LogP contribution in [-0.2, 0) is 0 Å². The summed E-state index contributed by atoms with van der Waals surface area (Å²) in [6, 6.07) is 1.41. The third-order valence-electron chi connectivity index (χ3n) is 5.15. The number of hydrogen-bond donors (Lipinski definition) is 0. The summed E-state index contributed by atoms with van der Waals surface area (Å²) in [6.45, 7) is 12.4. The van der Waals surface area contributed by atoms with E-state index in [9.17, 15) is 0 Å². The normalized spacial score (nSPS) is 21.6. The lowest BCUT2D eigenvalue weighted by molar-refractivity contribution is 0.679. The van der Waals surface area contributed by atoms with Crippen LogP contribution in [-0.4, -0.2) is 8.07 Å². The Morgan fingerprint density at radius 3 is 2.35 bits per heavy atom. The van der Waals surface area contributed by atoms with Crippen molar-refractivity contribution in [1.82, 2.24) is 0 Å². The van der Waals surface area contributed by atoms with Crippen LogP contribution >= 0.6 is 0 Å². The number of allylic oxidation sites excluding steroid dienone is 4. The van der Waals surface area contributed by atoms with Gasteiger partial charge >= 0.3 is 0 Å². The Morgan fingerprint density at radius 2 is 1.76 bits per heavy atom. The van der Waals surface area contributed by atoms with Crippen molar-refractivity contribution in [3.8, 4) is 0 Å². The van der Waals surface area contributed by atoms with Crippen molar-refractivity contribution in [3.63, 3.8) is 0 Å². The van der Waals surface area contributed by atoms with E-state index in [4.69, 9.17) is 0 Å². The molecular weight excluding hydrogens is 220 g/mol. The minimum absolute atomic E-state index is 0.525. The van der Waals surface area contributed by atoms with Crippen LogP contribution < -0.4 is 0 Å². The summed E-state index contributed by atoms with van der Waals surface area (Å²) in [7, 11) is -1.13. The van der Waals surface area contributed by atoms with E-state index in [0.717, 1.165) is 0 Å². The molecule has 0 radical (unpaired) electrons. The van der Waals surface area contributed by atoms with Crippen molar-refractivity contribution >= 4 is 8.07 Å². The molecule has 0 saturated heterocycles. The van der Waals surface area contributed by atoms with Crippen molar-refractivity contribution in [2.45, 2.75) is 77.1 Å². The lowest BCUT2D eigenvalue weighted by Crippen LogP contribution is -2.37. The van der Waals surface area contributed by atoms with Gasteiger partial charge in [-0.15, -0.1) is 0 Å². The Labute approximate surface area is 108 Å². The van der Waals surface area contributed by atoms with Gasteiger partial charge in [-0.25, -0.2) is 0 Å². The first-order valence-corrected chi connectivity index (χ1v) is 10.4. The van der Waals surface area contributed by atoms with Crippen LogP contribution in [0.2, 0.25) is 24.2 Å². The van der Waals surface area contributed by atoms with Gasteiger partial charge in [-0.05, 0) is 48.8 Å². The van der Waals surface area contributed by atoms with Gasteiger partial charge in [0.1, 0.15) is 0 Å². The van der Waals surface area contributed by atoms with E-state index >= 15 is 0 Å². The fraction of sp³-hybridized carbons (Fsp3) is 0.750. The van der Waals surface area contributed by atoms with Crippen molar-refractivity contribution in [2.24, 2.45) is 0 Å². The zero-order valence-corrected chi connectivity index (χ0v) is 13.3. The summed E-state index contributed by atoms with van der Waals surface area (Å²) < 4.78 is 0. The summed E-state index contributed by atoms with van der Waals surface area (Å²) in [5.74, 6) is 0. The molecule has 0 aromatic heterocycles. The Hall–Kier alpha value is -0.303. The first-order chi connectivity index (χ1) is 7.79. The second-order valence-corrected chi connectivity index (χ2v) is 13.2. The zero-order chi connectivity index (χ0) is 12.7. The molecule has 0 fully saturated rings. The summed E-state index contributed by atoms with van der Waals surface area (Å²) in [5.41, 5.74) is 5.25. The molecule has 96 valence electrons. The zero-order valence-electron chi connectivity index (χ0n) is 12.3. The molecule has 2 aliphatic rings. The highest BCUT2D eigenvalue weighted by molar-refractivity contribution is 6.80. The van der Waals surface area contributed by atoms with Gasteiger partial charge in [0, 0.05) is 0 Å². The van der Waals surface area contributed by atoms with Gasteiger partial charge in [0.2, 0.25) is 0 Å². The quantitative estimate of drug-likeness (QED) is 0.550. The molecule has 1 heteroatoms. The van der Waals surface area contributed by atoms with E-state index < -0.39 is 8.07 Å². The summed E-state index contributed by atoms with van der Waals surface area (Å²) in [5, 5.41) is 0.525. The van der Waals surface area contributed by atoms with Crippen molar-refractivity contribution in [1.29, 1.82) is 0 Å². The van der Waals surface area contributed by atoms with Crippen LogP contribution in [0.5, 0.6) is 0 Å². The molecule has 0 unspecified atom stereocenters. The van der Waals surface area contributed by atoms with Crippen molar-refractivity contribution in [3.05, 3.63) is 22.8 Å². The van der Waals surface area contributed by atoms with Gasteiger partial charge in [-0.3, -0.25) is 0 Å². The third kappa shape index (κ3) is 2.75. The molecule has 2 rings (SSSR count). The lowest BCUT2D eigenvalue weighted by Gasteiger charge is -2.37. The van der Waals surface area contributed by atoms with Gasteiger partial charge in [0.15, 0.2) is 0 Å². The molecule has 2 aliphatic carbocycles. The highest BCUT2D eigenvalue weighted by Crippen LogP contribution is 2.44. The fourth-order valence-corrected chi connectivity index (χ4v) is 4.78. The Bertz CT molecular complexity index is 363. The molecule has 0 saturated carbocycles. The van der Waals surface area contributed by atoms with E-state index in [1.165, 1.54) is 38.1 Å². The molecule has 0 aromatic rings. The lowest BCUT2D eigenvalue weighted by atomic mass is 9.94. The predicted octanol–water partition coefficient (Wildman–Crippen LogP) is 5.70. The SMILES string of the molecule is CC(C)(C)[Si](C)(C)CC1=CC2=C(CCCC2)C1. The molecular formula is C16H28Si. The van der Waals surface area contributed by atoms with E-state index in [2.05, 4.69) is 39.9 Å². The first kappa shape index (κ1) is 13.1. The fourth-order valence-electron chi connectivity index (χ4n) is 2.89. The predicted molar refractivity (Wildman–Crippen MR) is 80.2 cm³/mol. The maximum atomic E-state index is 2.56. The molecule has 0 heterocycles. The molecule has 17 heavy (non-hydrogen) atoms. The van der Waals surface area contributed by atoms with Gasteiger partial charge < -0.3 is 0 Å². The number of rotatable bonds is 2. The molecule has 0 nitrogen and oxygen atoms in total. The summed E-state index contributed by atoms with van der Waals surface area (Å²) >= 11 is 0. The van der Waals surface area contributed by atoms with Gasteiger partial charge in [-0.2, -0.15) is 0 Å². The molecule has 0 aliphatic heterocycles. The van der Waals surface area contributed by atoms with E-state index in [0.29, 0.717) is 5.04 Å². The van der Waals surface area contributed by atoms with E-state index in [1.807, 2.05) is 0 Å². The minimum Gasteiger partial charge on any atom is -0.0687 e. The van der Waals surface area contributed by atoms with Crippen LogP contribution in [0.4, 0.5) is 0 Å². The topological polar surface area (TPSA) is 0 Å². The van der Waals surface area contributed by atoms with Crippen LogP contribution in [0, 0.1) is 0 Å². The van der Waals surface area contributed by atoms with Crippen LogP contribution in [0.25, 0.3) is 0 Å². The minimum atomic E-state index is -1.13. The van der Waals surface area contributed by atoms with Crippen LogP contribution in [0.3, 0.4) is 0 Å². The molecule has 0 amide bonds. The molecule has 0 aromatic carbocycles. The summed E-state index contributed by atoms with van der Waals surface area (Å²) in [6.07, 6.45) is 9.47. The largest absolute Gasteiger partial charge is 0.0687 e. The first-order valence-electron chi connectivity index (χ1n) is 7.20. The number of hydrogen-bond acceptors (Lipinski definition) is 0. The van der Waals surface area contributed by atoms with Gasteiger partial charge in [0.05, 0.1) is 8.07 Å². The summed E-state index contributed by atoms with van der Waals surface area (Å²) in [4.78, 5) is 0. The maximum Gasteiger partial charge on any atom is 0.0568 e. The monoisotopic (exact) mass is 248 g/mol. The molecule has 0 atom stereocenters. The highest BCUT2D eigenvalue weighted by atomic mass is 28.3. The van der Waals surface area contributed by atoms with E-state index in [-0.39, 0.29) is 0 Å². The molecule has 0 N–H and O–H groups in total. The second kappa shape index (κ2) is 4.42. The Balaban J connectivity index is 2.04. The second-order valence-electron chi connectivity index (χ2n) is 7.63. The smallest absolute Gasteiger partial charge is 0.0568 e. The highest BCUT2D eigenvalue weighted by Gasteiger charge is 2.36. The average molecular weight is 248 g/mol. The average Bonchev–Trinajstić information content (AvgIpc) is 2.56.